The van der Waals surface area contributed by atoms with Crippen LogP contribution in [-0.4, -0.2) is 17.3 Å². The molecule has 1 aliphatic heterocycles. The Morgan fingerprint density at radius 1 is 1.23 bits per heavy atom. The fourth-order valence-corrected chi connectivity index (χ4v) is 2.44. The van der Waals surface area contributed by atoms with E-state index < -0.39 is 0 Å². The Hall–Kier alpha value is -2.93. The molecule has 3 rings (SSSR count). The van der Waals surface area contributed by atoms with E-state index in [1.54, 1.807) is 17.1 Å². The molecule has 0 saturated heterocycles. The quantitative estimate of drug-likeness (QED) is 0.863. The fraction of sp³-hybridized carbons (Fsp3) is 0.111. The average Bonchev–Trinajstić information content (AvgIpc) is 3.04. The van der Waals surface area contributed by atoms with Crippen molar-refractivity contribution in [3.8, 4) is 6.07 Å². The minimum atomic E-state index is -0.288. The summed E-state index contributed by atoms with van der Waals surface area (Å²) < 4.78 is 13.3. The van der Waals surface area contributed by atoms with Crippen LogP contribution in [-0.2, 0) is 0 Å². The molecular weight excluding hydrogens is 277 g/mol. The van der Waals surface area contributed by atoms with Crippen molar-refractivity contribution in [3.05, 3.63) is 77.6 Å². The number of halogens is 1. The Bertz CT molecular complexity index is 802. The van der Waals surface area contributed by atoms with Crippen LogP contribution in [0.3, 0.4) is 0 Å². The SMILES string of the molecule is C=C(c1cccc(F)c1)N1CCC(c2cccc(C#N)c2)=N1. The van der Waals surface area contributed by atoms with Crippen LogP contribution in [0, 0.1) is 17.1 Å². The smallest absolute Gasteiger partial charge is 0.123 e. The van der Waals surface area contributed by atoms with E-state index in [0.29, 0.717) is 17.8 Å². The van der Waals surface area contributed by atoms with Gasteiger partial charge in [0.1, 0.15) is 5.82 Å². The monoisotopic (exact) mass is 291 g/mol. The summed E-state index contributed by atoms with van der Waals surface area (Å²) in [4.78, 5) is 0. The molecule has 0 atom stereocenters. The van der Waals surface area contributed by atoms with E-state index in [4.69, 9.17) is 5.26 Å². The maximum Gasteiger partial charge on any atom is 0.123 e. The van der Waals surface area contributed by atoms with Crippen molar-refractivity contribution in [2.45, 2.75) is 6.42 Å². The van der Waals surface area contributed by atoms with Gasteiger partial charge in [-0.05, 0) is 29.8 Å². The summed E-state index contributed by atoms with van der Waals surface area (Å²) in [5.74, 6) is -0.288. The molecule has 2 aromatic rings. The molecule has 108 valence electrons. The molecule has 1 aliphatic rings. The molecule has 0 unspecified atom stereocenters. The predicted octanol–water partition coefficient (Wildman–Crippen LogP) is 3.78. The van der Waals surface area contributed by atoms with Crippen LogP contribution in [0.25, 0.3) is 5.70 Å². The maximum atomic E-state index is 13.3. The van der Waals surface area contributed by atoms with E-state index in [1.807, 2.05) is 24.3 Å². The van der Waals surface area contributed by atoms with Gasteiger partial charge in [-0.25, -0.2) is 4.39 Å². The molecule has 0 bridgehead atoms. The van der Waals surface area contributed by atoms with E-state index in [-0.39, 0.29) is 5.82 Å². The molecule has 0 fully saturated rings. The van der Waals surface area contributed by atoms with Crippen molar-refractivity contribution in [2.24, 2.45) is 5.10 Å². The summed E-state index contributed by atoms with van der Waals surface area (Å²) in [5.41, 5.74) is 3.85. The van der Waals surface area contributed by atoms with Crippen molar-refractivity contribution in [1.29, 1.82) is 5.26 Å². The van der Waals surface area contributed by atoms with Gasteiger partial charge >= 0.3 is 0 Å². The topological polar surface area (TPSA) is 39.4 Å². The molecule has 0 saturated carbocycles. The van der Waals surface area contributed by atoms with Gasteiger partial charge in [-0.2, -0.15) is 10.4 Å². The predicted molar refractivity (Wildman–Crippen MR) is 84.5 cm³/mol. The van der Waals surface area contributed by atoms with Crippen LogP contribution >= 0.6 is 0 Å². The van der Waals surface area contributed by atoms with Gasteiger partial charge in [0.05, 0.1) is 23.0 Å². The van der Waals surface area contributed by atoms with Crippen molar-refractivity contribution >= 4 is 11.4 Å². The zero-order chi connectivity index (χ0) is 15.5. The first kappa shape index (κ1) is 14.0. The minimum Gasteiger partial charge on any atom is -0.265 e. The highest BCUT2D eigenvalue weighted by Gasteiger charge is 2.19. The van der Waals surface area contributed by atoms with Crippen LogP contribution in [0.2, 0.25) is 0 Å². The summed E-state index contributed by atoms with van der Waals surface area (Å²) in [5, 5.41) is 15.3. The van der Waals surface area contributed by atoms with Gasteiger partial charge in [0, 0.05) is 18.5 Å². The van der Waals surface area contributed by atoms with Crippen LogP contribution in [0.15, 0.2) is 60.2 Å². The van der Waals surface area contributed by atoms with Gasteiger partial charge in [-0.15, -0.1) is 0 Å². The number of hydrogen-bond acceptors (Lipinski definition) is 3. The van der Waals surface area contributed by atoms with E-state index in [0.717, 1.165) is 23.3 Å². The number of rotatable bonds is 3. The Morgan fingerprint density at radius 2 is 2.05 bits per heavy atom. The van der Waals surface area contributed by atoms with E-state index in [1.165, 1.54) is 12.1 Å². The largest absolute Gasteiger partial charge is 0.265 e. The average molecular weight is 291 g/mol. The Labute approximate surface area is 128 Å². The van der Waals surface area contributed by atoms with Crippen molar-refractivity contribution in [1.82, 2.24) is 5.01 Å². The van der Waals surface area contributed by atoms with Crippen molar-refractivity contribution in [2.75, 3.05) is 6.54 Å². The zero-order valence-electron chi connectivity index (χ0n) is 12.0. The van der Waals surface area contributed by atoms with Gasteiger partial charge in [0.2, 0.25) is 0 Å². The fourth-order valence-electron chi connectivity index (χ4n) is 2.44. The third-order valence-electron chi connectivity index (χ3n) is 3.60. The van der Waals surface area contributed by atoms with E-state index in [2.05, 4.69) is 17.7 Å². The van der Waals surface area contributed by atoms with E-state index >= 15 is 0 Å². The highest BCUT2D eigenvalue weighted by molar-refractivity contribution is 6.02. The molecule has 0 N–H and O–H groups in total. The van der Waals surface area contributed by atoms with Gasteiger partial charge in [0.25, 0.3) is 0 Å². The third kappa shape index (κ3) is 2.75. The summed E-state index contributed by atoms with van der Waals surface area (Å²) in [6.07, 6.45) is 0.767. The number of nitriles is 1. The molecule has 22 heavy (non-hydrogen) atoms. The molecule has 3 nitrogen and oxygen atoms in total. The number of nitrogens with zero attached hydrogens (tertiary/aromatic N) is 3. The zero-order valence-corrected chi connectivity index (χ0v) is 12.0. The first-order chi connectivity index (χ1) is 10.7. The van der Waals surface area contributed by atoms with Gasteiger partial charge < -0.3 is 0 Å². The normalized spacial score (nSPS) is 13.6. The lowest BCUT2D eigenvalue weighted by Gasteiger charge is -2.16. The van der Waals surface area contributed by atoms with E-state index in [9.17, 15) is 4.39 Å². The van der Waals surface area contributed by atoms with Crippen LogP contribution in [0.1, 0.15) is 23.1 Å². The van der Waals surface area contributed by atoms with Gasteiger partial charge in [-0.1, -0.05) is 30.8 Å². The number of hydrogen-bond donors (Lipinski definition) is 0. The molecule has 2 aromatic carbocycles. The molecule has 0 aromatic heterocycles. The van der Waals surface area contributed by atoms with Crippen molar-refractivity contribution < 1.29 is 4.39 Å². The lowest BCUT2D eigenvalue weighted by molar-refractivity contribution is 0.466. The Kier molecular flexibility index (Phi) is 3.71. The maximum absolute atomic E-state index is 13.3. The summed E-state index contributed by atoms with van der Waals surface area (Å²) in [6.45, 7) is 4.71. The molecule has 1 heterocycles. The second kappa shape index (κ2) is 5.82. The Morgan fingerprint density at radius 3 is 2.82 bits per heavy atom. The van der Waals surface area contributed by atoms with Crippen molar-refractivity contribution in [3.63, 3.8) is 0 Å². The highest BCUT2D eigenvalue weighted by Crippen LogP contribution is 2.24. The van der Waals surface area contributed by atoms with Gasteiger partial charge in [-0.3, -0.25) is 5.01 Å². The first-order valence-corrected chi connectivity index (χ1v) is 6.98. The van der Waals surface area contributed by atoms with Crippen LogP contribution < -0.4 is 0 Å². The molecule has 0 radical (unpaired) electrons. The highest BCUT2D eigenvalue weighted by atomic mass is 19.1. The second-order valence-electron chi connectivity index (χ2n) is 5.07. The first-order valence-electron chi connectivity index (χ1n) is 6.98. The standard InChI is InChI=1S/C18H14FN3/c1-13(15-5-3-7-17(19)11-15)22-9-8-18(21-22)16-6-2-4-14(10-16)12-20/h2-7,10-11H,1,8-9H2. The summed E-state index contributed by atoms with van der Waals surface area (Å²) in [7, 11) is 0. The molecular formula is C18H14FN3. The third-order valence-corrected chi connectivity index (χ3v) is 3.60. The van der Waals surface area contributed by atoms with Gasteiger partial charge in [0.15, 0.2) is 0 Å². The summed E-state index contributed by atoms with van der Waals surface area (Å²) in [6, 6.07) is 15.8. The minimum absolute atomic E-state index is 0.288. The molecule has 0 amide bonds. The number of hydrazone groups is 1. The van der Waals surface area contributed by atoms with Crippen LogP contribution in [0.4, 0.5) is 4.39 Å². The molecule has 0 aliphatic carbocycles. The Balaban J connectivity index is 1.85. The lowest BCUT2D eigenvalue weighted by atomic mass is 10.1. The molecule has 0 spiro atoms. The number of benzene rings is 2. The second-order valence-corrected chi connectivity index (χ2v) is 5.07. The lowest BCUT2D eigenvalue weighted by Crippen LogP contribution is -2.11. The summed E-state index contributed by atoms with van der Waals surface area (Å²) >= 11 is 0. The van der Waals surface area contributed by atoms with Crippen LogP contribution in [0.5, 0.6) is 0 Å². The molecule has 4 heteroatoms.